The van der Waals surface area contributed by atoms with Gasteiger partial charge in [-0.1, -0.05) is 48.0 Å². The van der Waals surface area contributed by atoms with Gasteiger partial charge in [0.25, 0.3) is 5.69 Å². The molecule has 3 aromatic carbocycles. The third kappa shape index (κ3) is 12.1. The van der Waals surface area contributed by atoms with Crippen LogP contribution in [0.25, 0.3) is 0 Å². The van der Waals surface area contributed by atoms with Gasteiger partial charge in [0.1, 0.15) is 11.6 Å². The van der Waals surface area contributed by atoms with Crippen molar-refractivity contribution in [2.24, 2.45) is 0 Å². The molecule has 0 radical (unpaired) electrons. The van der Waals surface area contributed by atoms with Crippen molar-refractivity contribution in [3.8, 4) is 11.8 Å². The number of phenols is 1. The number of fused-ring (bicyclic) bond motifs is 4. The van der Waals surface area contributed by atoms with Crippen molar-refractivity contribution >= 4 is 17.3 Å². The van der Waals surface area contributed by atoms with Crippen molar-refractivity contribution in [3.05, 3.63) is 164 Å². The van der Waals surface area contributed by atoms with Crippen molar-refractivity contribution < 1.29 is 14.4 Å². The molecule has 55 heavy (non-hydrogen) atoms. The number of non-ortho nitro benzene ring substituents is 1. The molecule has 0 amide bonds. The molecule has 0 unspecified atom stereocenters. The highest BCUT2D eigenvalue weighted by atomic mass is 35.5. The van der Waals surface area contributed by atoms with E-state index in [1.165, 1.54) is 12.1 Å². The Labute approximate surface area is 326 Å². The van der Waals surface area contributed by atoms with Crippen LogP contribution < -0.4 is 0 Å². The van der Waals surface area contributed by atoms with Gasteiger partial charge in [0.2, 0.25) is 0 Å². The molecule has 11 nitrogen and oxygen atoms in total. The standard InChI is InChI=1S/C42H44ClFN8O3/c43-35-14-15-42(53)34(24-35)27-49-18-5-17-48(19-16-45)28-37-9-3-11-39(46-37)30-51(26-32-6-1-8-36(44)22-32)31-40-12-4-10-38(47-40)29-50(21-20-49)25-33-7-2-13-41(23-33)52(54)55/h1-4,6-15,22-24,53H,5,17-21,25-31H2. The number of aromatic hydroxyl groups is 1. The molecular weight excluding hydrogens is 719 g/mol. The molecule has 3 heterocycles. The molecule has 6 rings (SSSR count). The van der Waals surface area contributed by atoms with Crippen molar-refractivity contribution in [2.75, 3.05) is 32.7 Å². The van der Waals surface area contributed by atoms with E-state index in [0.29, 0.717) is 82.6 Å². The Morgan fingerprint density at radius 3 is 1.93 bits per heavy atom. The van der Waals surface area contributed by atoms with Crippen LogP contribution in [0.15, 0.2) is 103 Å². The fraction of sp³-hybridized carbons (Fsp3) is 0.310. The molecule has 0 fully saturated rings. The van der Waals surface area contributed by atoms with E-state index in [4.69, 9.17) is 21.6 Å². The molecule has 1 aliphatic rings. The number of pyridine rings is 2. The van der Waals surface area contributed by atoms with Gasteiger partial charge in [-0.15, -0.1) is 0 Å². The van der Waals surface area contributed by atoms with Gasteiger partial charge in [-0.05, 0) is 78.7 Å². The summed E-state index contributed by atoms with van der Waals surface area (Å²) in [6.07, 6.45) is 0.749. The van der Waals surface area contributed by atoms with Crippen molar-refractivity contribution in [1.29, 1.82) is 5.26 Å². The zero-order valence-corrected chi connectivity index (χ0v) is 31.4. The Kier molecular flexibility index (Phi) is 13.9. The molecule has 0 atom stereocenters. The summed E-state index contributed by atoms with van der Waals surface area (Å²) in [6, 6.07) is 32.6. The van der Waals surface area contributed by atoms with Crippen LogP contribution in [0.4, 0.5) is 10.1 Å². The number of hydrogen-bond acceptors (Lipinski definition) is 10. The number of halogens is 2. The number of rotatable bonds is 8. The van der Waals surface area contributed by atoms with Gasteiger partial charge in [0.05, 0.1) is 40.3 Å². The van der Waals surface area contributed by atoms with Crippen molar-refractivity contribution in [3.63, 3.8) is 0 Å². The van der Waals surface area contributed by atoms with E-state index in [2.05, 4.69) is 25.7 Å². The molecule has 13 heteroatoms. The summed E-state index contributed by atoms with van der Waals surface area (Å²) in [7, 11) is 0. The molecule has 0 saturated heterocycles. The number of nitrogens with zero attached hydrogens (tertiary/aromatic N) is 8. The average Bonchev–Trinajstić information content (AvgIpc) is 3.15. The number of phenolic OH excluding ortho intramolecular Hbond substituents is 1. The number of hydrogen-bond donors (Lipinski definition) is 1. The lowest BCUT2D eigenvalue weighted by Gasteiger charge is -2.29. The Hall–Kier alpha value is -5.29. The molecule has 2 aromatic heterocycles. The Morgan fingerprint density at radius 1 is 0.709 bits per heavy atom. The van der Waals surface area contributed by atoms with E-state index in [9.17, 15) is 24.9 Å². The topological polar surface area (TPSA) is 126 Å². The van der Waals surface area contributed by atoms with Gasteiger partial charge in [-0.25, -0.2) is 4.39 Å². The number of nitriles is 1. The van der Waals surface area contributed by atoms with Gasteiger partial charge in [-0.3, -0.25) is 39.7 Å². The van der Waals surface area contributed by atoms with Crippen LogP contribution in [0.1, 0.15) is 45.9 Å². The van der Waals surface area contributed by atoms with Gasteiger partial charge in [-0.2, -0.15) is 5.26 Å². The van der Waals surface area contributed by atoms with Crippen LogP contribution in [-0.2, 0) is 45.8 Å². The van der Waals surface area contributed by atoms with Gasteiger partial charge >= 0.3 is 0 Å². The van der Waals surface area contributed by atoms with E-state index in [0.717, 1.165) is 40.3 Å². The highest BCUT2D eigenvalue weighted by molar-refractivity contribution is 6.30. The smallest absolute Gasteiger partial charge is 0.269 e. The molecule has 1 aliphatic heterocycles. The van der Waals surface area contributed by atoms with E-state index < -0.39 is 0 Å². The highest BCUT2D eigenvalue weighted by Crippen LogP contribution is 2.24. The predicted molar refractivity (Wildman–Crippen MR) is 209 cm³/mol. The second-order valence-corrected chi connectivity index (χ2v) is 14.4. The summed E-state index contributed by atoms with van der Waals surface area (Å²) in [6.45, 7) is 6.13. The first-order valence-electron chi connectivity index (χ1n) is 18.3. The maximum absolute atomic E-state index is 14.3. The Balaban J connectivity index is 1.34. The minimum atomic E-state index is -0.383. The maximum atomic E-state index is 14.3. The maximum Gasteiger partial charge on any atom is 0.269 e. The monoisotopic (exact) mass is 762 g/mol. The minimum absolute atomic E-state index is 0.0352. The summed E-state index contributed by atoms with van der Waals surface area (Å²) in [5, 5.41) is 32.6. The lowest BCUT2D eigenvalue weighted by Crippen LogP contribution is -2.36. The normalized spacial score (nSPS) is 15.7. The third-order valence-electron chi connectivity index (χ3n) is 9.51. The van der Waals surface area contributed by atoms with Crippen LogP contribution in [0.2, 0.25) is 5.02 Å². The zero-order valence-electron chi connectivity index (χ0n) is 30.6. The van der Waals surface area contributed by atoms with Gasteiger partial charge in [0.15, 0.2) is 0 Å². The molecule has 1 N–H and O–H groups in total. The number of benzene rings is 3. The van der Waals surface area contributed by atoms with Crippen LogP contribution in [0.5, 0.6) is 5.75 Å². The minimum Gasteiger partial charge on any atom is -0.508 e. The first kappa shape index (κ1) is 39.4. The second kappa shape index (κ2) is 19.3. The summed E-state index contributed by atoms with van der Waals surface area (Å²) in [5.74, 6) is -0.127. The SMILES string of the molecule is N#CCN1CCCN(Cc2cc(Cl)ccc2O)CCN(Cc2cccc([N+](=O)[O-])c2)Cc2cccc(n2)CN(Cc2cccc(F)c2)Cc2cccc(n2)C1. The van der Waals surface area contributed by atoms with Crippen LogP contribution in [-0.4, -0.2) is 72.3 Å². The molecular formula is C42H44ClFN8O3. The van der Waals surface area contributed by atoms with Crippen LogP contribution >= 0.6 is 11.6 Å². The van der Waals surface area contributed by atoms with Crippen molar-refractivity contribution in [1.82, 2.24) is 29.6 Å². The Morgan fingerprint density at radius 2 is 1.27 bits per heavy atom. The lowest BCUT2D eigenvalue weighted by atomic mass is 10.1. The summed E-state index contributed by atoms with van der Waals surface area (Å²) in [5.41, 5.74) is 5.80. The fourth-order valence-electron chi connectivity index (χ4n) is 6.94. The fourth-order valence-corrected chi connectivity index (χ4v) is 7.13. The summed E-state index contributed by atoms with van der Waals surface area (Å²) in [4.78, 5) is 30.1. The van der Waals surface area contributed by atoms with E-state index >= 15 is 0 Å². The number of nitro groups is 1. The lowest BCUT2D eigenvalue weighted by molar-refractivity contribution is -0.384. The zero-order chi connectivity index (χ0) is 38.6. The highest BCUT2D eigenvalue weighted by Gasteiger charge is 2.18. The molecule has 0 spiro atoms. The molecule has 284 valence electrons. The van der Waals surface area contributed by atoms with Crippen LogP contribution in [0.3, 0.4) is 0 Å². The van der Waals surface area contributed by atoms with Crippen LogP contribution in [0, 0.1) is 27.3 Å². The van der Waals surface area contributed by atoms with E-state index in [1.807, 2.05) is 48.5 Å². The average molecular weight is 763 g/mol. The number of nitro benzene ring substituents is 1. The van der Waals surface area contributed by atoms with Gasteiger partial charge in [0, 0.05) is 88.2 Å². The first-order chi connectivity index (χ1) is 26.7. The predicted octanol–water partition coefficient (Wildman–Crippen LogP) is 7.32. The first-order valence-corrected chi connectivity index (χ1v) is 18.7. The third-order valence-corrected chi connectivity index (χ3v) is 9.74. The second-order valence-electron chi connectivity index (χ2n) is 13.9. The Bertz CT molecular complexity index is 2110. The molecule has 5 aromatic rings. The van der Waals surface area contributed by atoms with E-state index in [-0.39, 0.29) is 28.7 Å². The van der Waals surface area contributed by atoms with E-state index in [1.54, 1.807) is 42.5 Å². The number of aromatic nitrogens is 2. The molecule has 0 aliphatic carbocycles. The molecule has 4 bridgehead atoms. The summed E-state index contributed by atoms with van der Waals surface area (Å²) < 4.78 is 14.3. The van der Waals surface area contributed by atoms with Gasteiger partial charge < -0.3 is 5.11 Å². The molecule has 0 saturated carbocycles. The van der Waals surface area contributed by atoms with Crippen molar-refractivity contribution in [2.45, 2.75) is 52.2 Å². The summed E-state index contributed by atoms with van der Waals surface area (Å²) >= 11 is 6.34. The quantitative estimate of drug-likeness (QED) is 0.0977. The largest absolute Gasteiger partial charge is 0.508 e.